The van der Waals surface area contributed by atoms with Crippen LogP contribution in [0, 0.1) is 0 Å². The Morgan fingerprint density at radius 2 is 2.39 bits per heavy atom. The summed E-state index contributed by atoms with van der Waals surface area (Å²) in [6.07, 6.45) is 3.30. The van der Waals surface area contributed by atoms with Crippen LogP contribution in [0.5, 0.6) is 5.75 Å². The van der Waals surface area contributed by atoms with Crippen LogP contribution in [0.25, 0.3) is 0 Å². The molecule has 0 amide bonds. The maximum absolute atomic E-state index is 6.22. The largest absolute Gasteiger partial charge is 0.496 e. The zero-order valence-electron chi connectivity index (χ0n) is 10.7. The first-order valence-electron chi connectivity index (χ1n) is 5.99. The minimum Gasteiger partial charge on any atom is -0.496 e. The molecule has 5 nitrogen and oxygen atoms in total. The van der Waals surface area contributed by atoms with Gasteiger partial charge in [0.1, 0.15) is 17.9 Å². The summed E-state index contributed by atoms with van der Waals surface area (Å²) < 4.78 is 7.21. The highest BCUT2D eigenvalue weighted by Gasteiger charge is 2.16. The Kier molecular flexibility index (Phi) is 4.33. The van der Waals surface area contributed by atoms with E-state index in [-0.39, 0.29) is 6.04 Å². The average Bonchev–Trinajstić information content (AvgIpc) is 2.98. The van der Waals surface area contributed by atoms with Gasteiger partial charge in [0, 0.05) is 19.0 Å². The Hall–Kier alpha value is -1.40. The number of ether oxygens (including phenoxy) is 1. The molecule has 0 aliphatic heterocycles. The minimum absolute atomic E-state index is 0.0974. The molecule has 1 unspecified atom stereocenters. The molecule has 18 heavy (non-hydrogen) atoms. The lowest BCUT2D eigenvalue weighted by Crippen LogP contribution is -2.16. The summed E-state index contributed by atoms with van der Waals surface area (Å²) in [5.41, 5.74) is 6.22. The van der Waals surface area contributed by atoms with E-state index in [2.05, 4.69) is 17.0 Å². The number of thiophene rings is 1. The predicted octanol–water partition coefficient (Wildman–Crippen LogP) is 2.00. The van der Waals surface area contributed by atoms with Gasteiger partial charge < -0.3 is 10.5 Å². The van der Waals surface area contributed by atoms with Crippen molar-refractivity contribution in [1.82, 2.24) is 14.8 Å². The SMILES string of the molecule is CCCn1ncnc1CC(N)c1sccc1OC. The Labute approximate surface area is 111 Å². The first kappa shape index (κ1) is 13.0. The second-order valence-electron chi connectivity index (χ2n) is 4.06. The summed E-state index contributed by atoms with van der Waals surface area (Å²) in [5, 5.41) is 6.20. The van der Waals surface area contributed by atoms with Crippen molar-refractivity contribution < 1.29 is 4.74 Å². The molecule has 2 N–H and O–H groups in total. The van der Waals surface area contributed by atoms with Crippen molar-refractivity contribution in [3.05, 3.63) is 28.5 Å². The third-order valence-corrected chi connectivity index (χ3v) is 3.78. The average molecular weight is 266 g/mol. The van der Waals surface area contributed by atoms with Gasteiger partial charge in [0.25, 0.3) is 0 Å². The molecular weight excluding hydrogens is 248 g/mol. The second kappa shape index (κ2) is 5.97. The summed E-state index contributed by atoms with van der Waals surface area (Å²) in [7, 11) is 1.66. The summed E-state index contributed by atoms with van der Waals surface area (Å²) in [4.78, 5) is 5.33. The highest BCUT2D eigenvalue weighted by molar-refractivity contribution is 7.10. The number of nitrogens with two attached hydrogens (primary N) is 1. The summed E-state index contributed by atoms with van der Waals surface area (Å²) >= 11 is 1.62. The lowest BCUT2D eigenvalue weighted by molar-refractivity contribution is 0.408. The number of hydrogen-bond acceptors (Lipinski definition) is 5. The van der Waals surface area contributed by atoms with Gasteiger partial charge in [0.2, 0.25) is 0 Å². The molecule has 2 heterocycles. The standard InChI is InChI=1S/C12H18N4OS/c1-3-5-16-11(14-8-15-16)7-9(13)12-10(17-2)4-6-18-12/h4,6,8-9H,3,5,7,13H2,1-2H3. The van der Waals surface area contributed by atoms with Gasteiger partial charge in [-0.1, -0.05) is 6.92 Å². The molecule has 0 saturated heterocycles. The number of aromatic nitrogens is 3. The molecule has 2 rings (SSSR count). The van der Waals surface area contributed by atoms with Crippen molar-refractivity contribution in [3.63, 3.8) is 0 Å². The molecule has 0 bridgehead atoms. The maximum atomic E-state index is 6.22. The highest BCUT2D eigenvalue weighted by Crippen LogP contribution is 2.30. The monoisotopic (exact) mass is 266 g/mol. The second-order valence-corrected chi connectivity index (χ2v) is 5.01. The molecule has 2 aromatic rings. The molecule has 0 aliphatic carbocycles. The van der Waals surface area contributed by atoms with E-state index < -0.39 is 0 Å². The number of nitrogens with zero attached hydrogens (tertiary/aromatic N) is 3. The smallest absolute Gasteiger partial charge is 0.138 e. The number of methoxy groups -OCH3 is 1. The fraction of sp³-hybridized carbons (Fsp3) is 0.500. The lowest BCUT2D eigenvalue weighted by Gasteiger charge is -2.12. The van der Waals surface area contributed by atoms with Gasteiger partial charge in [-0.2, -0.15) is 5.10 Å². The quantitative estimate of drug-likeness (QED) is 0.868. The van der Waals surface area contributed by atoms with Crippen LogP contribution in [0.2, 0.25) is 0 Å². The van der Waals surface area contributed by atoms with Crippen LogP contribution in [-0.4, -0.2) is 21.9 Å². The number of hydrogen-bond donors (Lipinski definition) is 1. The van der Waals surface area contributed by atoms with E-state index >= 15 is 0 Å². The van der Waals surface area contributed by atoms with Crippen molar-refractivity contribution in [2.45, 2.75) is 32.4 Å². The molecule has 1 atom stereocenters. The third-order valence-electron chi connectivity index (χ3n) is 2.75. The third kappa shape index (κ3) is 2.70. The van der Waals surface area contributed by atoms with Crippen LogP contribution in [0.15, 0.2) is 17.8 Å². The van der Waals surface area contributed by atoms with Gasteiger partial charge in [0.05, 0.1) is 12.0 Å². The molecule has 2 aromatic heterocycles. The van der Waals surface area contributed by atoms with Crippen molar-refractivity contribution in [1.29, 1.82) is 0 Å². The summed E-state index contributed by atoms with van der Waals surface area (Å²) in [6.45, 7) is 3.00. The zero-order valence-corrected chi connectivity index (χ0v) is 11.5. The van der Waals surface area contributed by atoms with E-state index in [1.165, 1.54) is 0 Å². The van der Waals surface area contributed by atoms with Crippen LogP contribution in [0.1, 0.15) is 30.1 Å². The summed E-state index contributed by atoms with van der Waals surface area (Å²) in [6, 6.07) is 1.84. The van der Waals surface area contributed by atoms with Crippen LogP contribution in [0.3, 0.4) is 0 Å². The summed E-state index contributed by atoms with van der Waals surface area (Å²) in [5.74, 6) is 1.79. The topological polar surface area (TPSA) is 66.0 Å². The van der Waals surface area contributed by atoms with Crippen LogP contribution < -0.4 is 10.5 Å². The van der Waals surface area contributed by atoms with E-state index in [9.17, 15) is 0 Å². The maximum Gasteiger partial charge on any atom is 0.138 e. The first-order valence-corrected chi connectivity index (χ1v) is 6.87. The highest BCUT2D eigenvalue weighted by atomic mass is 32.1. The van der Waals surface area contributed by atoms with Gasteiger partial charge in [-0.15, -0.1) is 11.3 Å². The number of rotatable bonds is 6. The molecule has 0 spiro atoms. The molecule has 0 aromatic carbocycles. The van der Waals surface area contributed by atoms with E-state index in [0.29, 0.717) is 6.42 Å². The minimum atomic E-state index is -0.0974. The zero-order chi connectivity index (χ0) is 13.0. The van der Waals surface area contributed by atoms with Crippen molar-refractivity contribution >= 4 is 11.3 Å². The Morgan fingerprint density at radius 3 is 3.11 bits per heavy atom. The van der Waals surface area contributed by atoms with E-state index in [0.717, 1.165) is 29.4 Å². The Morgan fingerprint density at radius 1 is 1.56 bits per heavy atom. The van der Waals surface area contributed by atoms with Gasteiger partial charge >= 0.3 is 0 Å². The van der Waals surface area contributed by atoms with Crippen molar-refractivity contribution in [2.24, 2.45) is 5.73 Å². The van der Waals surface area contributed by atoms with E-state index in [4.69, 9.17) is 10.5 Å². The molecule has 0 aliphatic rings. The normalized spacial score (nSPS) is 12.6. The fourth-order valence-electron chi connectivity index (χ4n) is 1.88. The molecule has 98 valence electrons. The molecule has 6 heteroatoms. The Balaban J connectivity index is 2.11. The van der Waals surface area contributed by atoms with Crippen LogP contribution in [-0.2, 0) is 13.0 Å². The van der Waals surface area contributed by atoms with Gasteiger partial charge in [-0.3, -0.25) is 4.68 Å². The van der Waals surface area contributed by atoms with Gasteiger partial charge in [-0.05, 0) is 17.9 Å². The van der Waals surface area contributed by atoms with E-state index in [1.807, 2.05) is 16.1 Å². The van der Waals surface area contributed by atoms with Crippen LogP contribution in [0.4, 0.5) is 0 Å². The first-order chi connectivity index (χ1) is 8.76. The Bertz CT molecular complexity index is 494. The van der Waals surface area contributed by atoms with Gasteiger partial charge in [0.15, 0.2) is 0 Å². The van der Waals surface area contributed by atoms with Crippen LogP contribution >= 0.6 is 11.3 Å². The fourth-order valence-corrected chi connectivity index (χ4v) is 2.75. The van der Waals surface area contributed by atoms with Gasteiger partial charge in [-0.25, -0.2) is 4.98 Å². The molecule has 0 radical (unpaired) electrons. The molecule has 0 fully saturated rings. The van der Waals surface area contributed by atoms with Crippen molar-refractivity contribution in [3.8, 4) is 5.75 Å². The van der Waals surface area contributed by atoms with Crippen molar-refractivity contribution in [2.75, 3.05) is 7.11 Å². The lowest BCUT2D eigenvalue weighted by atomic mass is 10.1. The number of aryl methyl sites for hydroxylation is 1. The molecular formula is C12H18N4OS. The predicted molar refractivity (Wildman–Crippen MR) is 71.8 cm³/mol. The molecule has 0 saturated carbocycles. The van der Waals surface area contributed by atoms with E-state index in [1.54, 1.807) is 24.8 Å².